The van der Waals surface area contributed by atoms with Crippen molar-refractivity contribution in [2.45, 2.75) is 32.7 Å². The van der Waals surface area contributed by atoms with Crippen molar-refractivity contribution < 1.29 is 0 Å². The standard InChI is InChI=1S/C12H18ClN/c1-3-10(2)12-6-4-11(5-7-12)8-14-9-13/h4-7,10,14H,3,8-9H2,1-2H3. The normalized spacial score (nSPS) is 12.8. The van der Waals surface area contributed by atoms with E-state index in [0.29, 0.717) is 11.9 Å². The molecule has 0 saturated carbocycles. The Balaban J connectivity index is 2.59. The van der Waals surface area contributed by atoms with Crippen LogP contribution in [-0.2, 0) is 6.54 Å². The highest BCUT2D eigenvalue weighted by atomic mass is 35.5. The van der Waals surface area contributed by atoms with Crippen molar-refractivity contribution in [2.24, 2.45) is 0 Å². The zero-order chi connectivity index (χ0) is 10.4. The molecule has 2 heteroatoms. The average Bonchev–Trinajstić information content (AvgIpc) is 2.26. The van der Waals surface area contributed by atoms with Gasteiger partial charge in [-0.25, -0.2) is 0 Å². The fraction of sp³-hybridized carbons (Fsp3) is 0.500. The summed E-state index contributed by atoms with van der Waals surface area (Å²) in [7, 11) is 0. The highest BCUT2D eigenvalue weighted by Crippen LogP contribution is 2.18. The Hall–Kier alpha value is -0.530. The molecule has 0 fully saturated rings. The van der Waals surface area contributed by atoms with Crippen LogP contribution in [0.1, 0.15) is 37.3 Å². The van der Waals surface area contributed by atoms with E-state index in [9.17, 15) is 0 Å². The lowest BCUT2D eigenvalue weighted by atomic mass is 9.98. The van der Waals surface area contributed by atoms with Crippen molar-refractivity contribution in [1.82, 2.24) is 5.32 Å². The molecule has 0 bridgehead atoms. The number of halogens is 1. The maximum Gasteiger partial charge on any atom is 0.0716 e. The first kappa shape index (κ1) is 11.5. The van der Waals surface area contributed by atoms with Gasteiger partial charge in [0, 0.05) is 6.54 Å². The number of hydrogen-bond donors (Lipinski definition) is 1. The Labute approximate surface area is 91.5 Å². The molecule has 0 aromatic heterocycles. The van der Waals surface area contributed by atoms with Crippen molar-refractivity contribution in [1.29, 1.82) is 0 Å². The summed E-state index contributed by atoms with van der Waals surface area (Å²) >= 11 is 5.54. The lowest BCUT2D eigenvalue weighted by Gasteiger charge is -2.09. The van der Waals surface area contributed by atoms with Crippen LogP contribution < -0.4 is 5.32 Å². The minimum Gasteiger partial charge on any atom is -0.300 e. The van der Waals surface area contributed by atoms with Crippen LogP contribution in [0.3, 0.4) is 0 Å². The molecule has 0 aliphatic carbocycles. The maximum absolute atomic E-state index is 5.54. The maximum atomic E-state index is 5.54. The monoisotopic (exact) mass is 211 g/mol. The molecule has 1 atom stereocenters. The molecule has 0 heterocycles. The quantitative estimate of drug-likeness (QED) is 0.581. The van der Waals surface area contributed by atoms with Crippen molar-refractivity contribution in [3.05, 3.63) is 35.4 Å². The van der Waals surface area contributed by atoms with Gasteiger partial charge >= 0.3 is 0 Å². The van der Waals surface area contributed by atoms with Crippen molar-refractivity contribution in [3.8, 4) is 0 Å². The van der Waals surface area contributed by atoms with Crippen LogP contribution in [0, 0.1) is 0 Å². The van der Waals surface area contributed by atoms with Crippen LogP contribution in [0.4, 0.5) is 0 Å². The molecule has 1 unspecified atom stereocenters. The Morgan fingerprint density at radius 2 is 1.93 bits per heavy atom. The van der Waals surface area contributed by atoms with E-state index >= 15 is 0 Å². The fourth-order valence-electron chi connectivity index (χ4n) is 1.39. The molecule has 1 aromatic rings. The van der Waals surface area contributed by atoms with Gasteiger partial charge in [0.25, 0.3) is 0 Å². The van der Waals surface area contributed by atoms with Gasteiger partial charge in [0.2, 0.25) is 0 Å². The van der Waals surface area contributed by atoms with Gasteiger partial charge in [-0.15, -0.1) is 11.6 Å². The number of hydrogen-bond acceptors (Lipinski definition) is 1. The topological polar surface area (TPSA) is 12.0 Å². The summed E-state index contributed by atoms with van der Waals surface area (Å²) in [5.41, 5.74) is 2.71. The number of nitrogens with one attached hydrogen (secondary N) is 1. The smallest absolute Gasteiger partial charge is 0.0716 e. The molecule has 0 saturated heterocycles. The first-order valence-electron chi connectivity index (χ1n) is 5.13. The third-order valence-electron chi connectivity index (χ3n) is 2.58. The number of benzene rings is 1. The third kappa shape index (κ3) is 3.32. The number of alkyl halides is 1. The van der Waals surface area contributed by atoms with Gasteiger partial charge in [-0.05, 0) is 23.5 Å². The van der Waals surface area contributed by atoms with Crippen LogP contribution in [0.15, 0.2) is 24.3 Å². The van der Waals surface area contributed by atoms with Crippen LogP contribution >= 0.6 is 11.6 Å². The van der Waals surface area contributed by atoms with E-state index in [0.717, 1.165) is 6.54 Å². The minimum absolute atomic E-state index is 0.507. The second-order valence-electron chi connectivity index (χ2n) is 3.61. The van der Waals surface area contributed by atoms with E-state index in [1.54, 1.807) is 0 Å². The molecule has 0 amide bonds. The Morgan fingerprint density at radius 3 is 2.43 bits per heavy atom. The summed E-state index contributed by atoms with van der Waals surface area (Å²) in [5, 5.41) is 3.09. The van der Waals surface area contributed by atoms with E-state index in [4.69, 9.17) is 11.6 Å². The molecule has 0 aliphatic rings. The first-order valence-corrected chi connectivity index (χ1v) is 5.67. The highest BCUT2D eigenvalue weighted by molar-refractivity contribution is 6.17. The predicted molar refractivity (Wildman–Crippen MR) is 62.7 cm³/mol. The lowest BCUT2D eigenvalue weighted by molar-refractivity contribution is 0.731. The highest BCUT2D eigenvalue weighted by Gasteiger charge is 2.01. The summed E-state index contributed by atoms with van der Waals surface area (Å²) in [6.45, 7) is 5.32. The Kier molecular flexibility index (Phi) is 4.99. The van der Waals surface area contributed by atoms with Gasteiger partial charge in [0.15, 0.2) is 0 Å². The van der Waals surface area contributed by atoms with Crippen molar-refractivity contribution in [2.75, 3.05) is 6.00 Å². The van der Waals surface area contributed by atoms with Crippen LogP contribution in [0.5, 0.6) is 0 Å². The Bertz CT molecular complexity index is 256. The lowest BCUT2D eigenvalue weighted by Crippen LogP contribution is -2.09. The van der Waals surface area contributed by atoms with E-state index in [-0.39, 0.29) is 0 Å². The third-order valence-corrected chi connectivity index (χ3v) is 2.77. The second kappa shape index (κ2) is 6.05. The summed E-state index contributed by atoms with van der Waals surface area (Å²) in [6, 6.07) is 9.26. The first-order chi connectivity index (χ1) is 6.77. The zero-order valence-corrected chi connectivity index (χ0v) is 9.64. The average molecular weight is 212 g/mol. The van der Waals surface area contributed by atoms with Crippen molar-refractivity contribution in [3.63, 3.8) is 0 Å². The largest absolute Gasteiger partial charge is 0.300 e. The van der Waals surface area contributed by atoms with E-state index in [1.165, 1.54) is 17.5 Å². The van der Waals surface area contributed by atoms with Crippen LogP contribution in [-0.4, -0.2) is 6.00 Å². The zero-order valence-electron chi connectivity index (χ0n) is 8.89. The van der Waals surface area contributed by atoms with E-state index < -0.39 is 0 Å². The molecule has 1 aromatic carbocycles. The summed E-state index contributed by atoms with van der Waals surface area (Å²) < 4.78 is 0. The summed E-state index contributed by atoms with van der Waals surface area (Å²) in [5.74, 6) is 0.657. The molecule has 1 nitrogen and oxygen atoms in total. The molecule has 0 radical (unpaired) electrons. The second-order valence-corrected chi connectivity index (χ2v) is 3.88. The molecular formula is C12H18ClN. The Morgan fingerprint density at radius 1 is 1.29 bits per heavy atom. The molecule has 14 heavy (non-hydrogen) atoms. The van der Waals surface area contributed by atoms with Gasteiger partial charge in [-0.2, -0.15) is 0 Å². The van der Waals surface area contributed by atoms with Crippen LogP contribution in [0.25, 0.3) is 0 Å². The molecule has 1 rings (SSSR count). The van der Waals surface area contributed by atoms with Crippen molar-refractivity contribution >= 4 is 11.6 Å². The minimum atomic E-state index is 0.507. The summed E-state index contributed by atoms with van der Waals surface area (Å²) in [4.78, 5) is 0. The fourth-order valence-corrected chi connectivity index (χ4v) is 1.49. The molecule has 78 valence electrons. The van der Waals surface area contributed by atoms with Gasteiger partial charge in [0.1, 0.15) is 0 Å². The van der Waals surface area contributed by atoms with E-state index in [1.807, 2.05) is 0 Å². The van der Waals surface area contributed by atoms with Crippen LogP contribution in [0.2, 0.25) is 0 Å². The van der Waals surface area contributed by atoms with Gasteiger partial charge in [0.05, 0.1) is 6.00 Å². The van der Waals surface area contributed by atoms with E-state index in [2.05, 4.69) is 43.4 Å². The van der Waals surface area contributed by atoms with Gasteiger partial charge in [-0.3, -0.25) is 5.32 Å². The molecular weight excluding hydrogens is 194 g/mol. The molecule has 1 N–H and O–H groups in total. The summed E-state index contributed by atoms with van der Waals surface area (Å²) in [6.07, 6.45) is 1.19. The van der Waals surface area contributed by atoms with Gasteiger partial charge < -0.3 is 0 Å². The number of rotatable bonds is 5. The van der Waals surface area contributed by atoms with Gasteiger partial charge in [-0.1, -0.05) is 38.1 Å². The SMILES string of the molecule is CCC(C)c1ccc(CNCCl)cc1. The molecule has 0 spiro atoms. The predicted octanol–water partition coefficient (Wildman–Crippen LogP) is 3.49. The molecule has 0 aliphatic heterocycles.